The highest BCUT2D eigenvalue weighted by Gasteiger charge is 2.31. The van der Waals surface area contributed by atoms with E-state index in [-0.39, 0.29) is 71.7 Å². The maximum atomic E-state index is 13.8. The molecule has 116 heavy (non-hydrogen) atoms. The van der Waals surface area contributed by atoms with E-state index >= 15 is 0 Å². The van der Waals surface area contributed by atoms with Gasteiger partial charge in [-0.3, -0.25) is 14.4 Å². The molecule has 622 valence electrons. The Balaban J connectivity index is 0.000000217. The van der Waals surface area contributed by atoms with Crippen LogP contribution in [0.2, 0.25) is 5.02 Å². The summed E-state index contributed by atoms with van der Waals surface area (Å²) in [5.74, 6) is 2.09. The zero-order chi connectivity index (χ0) is 83.3. The van der Waals surface area contributed by atoms with Crippen LogP contribution in [0.3, 0.4) is 0 Å². The number of nitrogens with one attached hydrogen (secondary N) is 3. The fraction of sp³-hybridized carbons (Fsp3) is 0.374. The third-order valence-corrected chi connectivity index (χ3v) is 26.7. The van der Waals surface area contributed by atoms with E-state index in [4.69, 9.17) is 43.0 Å². The zero-order valence-electron chi connectivity index (χ0n) is 67.6. The molecule has 1 fully saturated rings. The van der Waals surface area contributed by atoms with Crippen molar-refractivity contribution >= 4 is 59.4 Å². The minimum atomic E-state index is -3.95. The van der Waals surface area contributed by atoms with Crippen LogP contribution in [0.4, 0.5) is 0 Å². The number of nitrogens with two attached hydrogens (primary N) is 3. The van der Waals surface area contributed by atoms with Crippen molar-refractivity contribution in [1.82, 2.24) is 28.9 Å². The third-order valence-electron chi connectivity index (χ3n) is 20.8. The van der Waals surface area contributed by atoms with E-state index in [2.05, 4.69) is 16.0 Å². The molecule has 0 radical (unpaired) electrons. The van der Waals surface area contributed by atoms with Gasteiger partial charge in [-0.25, -0.2) is 25.3 Å². The SMILES string of the molecule is COc1ccccc1CCN(CC(=O)NCC1CCC(CN)CC1)S(=O)(=O)c1ccc(-c2ccccc2C)cc1.COc1ccccc1CCN(CC(=O)NCCCCCCN)S(=O)(=O)c1ccc(-c2ccccc2C)cc1.COc1ccccc1CCN(CC(=O)NCCCCCCN)S(=O)(=O)c1ccc(-c2ccccc2Cl)cc1. The molecular formula is C91H116ClN9O12S3. The Labute approximate surface area is 693 Å². The molecule has 0 unspecified atom stereocenters. The van der Waals surface area contributed by atoms with Crippen LogP contribution in [-0.4, -0.2) is 156 Å². The first-order valence-electron chi connectivity index (χ1n) is 40.0. The largest absolute Gasteiger partial charge is 0.496 e. The first-order valence-corrected chi connectivity index (χ1v) is 44.7. The summed E-state index contributed by atoms with van der Waals surface area (Å²) in [6.07, 6.45) is 13.0. The molecule has 0 aliphatic heterocycles. The van der Waals surface area contributed by atoms with Gasteiger partial charge in [0.15, 0.2) is 0 Å². The number of methoxy groups -OCH3 is 3. The number of unbranched alkanes of at least 4 members (excludes halogenated alkanes) is 6. The monoisotopic (exact) mass is 1660 g/mol. The minimum absolute atomic E-state index is 0.114. The van der Waals surface area contributed by atoms with Crippen LogP contribution in [0.1, 0.15) is 105 Å². The molecule has 21 nitrogen and oxygen atoms in total. The smallest absolute Gasteiger partial charge is 0.243 e. The molecule has 1 aliphatic rings. The number of benzene rings is 9. The molecular weight excluding hydrogens is 1540 g/mol. The van der Waals surface area contributed by atoms with Gasteiger partial charge in [0.2, 0.25) is 47.8 Å². The van der Waals surface area contributed by atoms with Gasteiger partial charge in [-0.2, -0.15) is 12.9 Å². The topological polar surface area (TPSA) is 305 Å². The number of rotatable bonds is 42. The number of nitrogens with zero attached hydrogens (tertiary/aromatic N) is 3. The molecule has 0 spiro atoms. The number of hydrogen-bond donors (Lipinski definition) is 6. The van der Waals surface area contributed by atoms with Crippen molar-refractivity contribution in [2.45, 2.75) is 125 Å². The van der Waals surface area contributed by atoms with E-state index in [0.717, 1.165) is 138 Å². The highest BCUT2D eigenvalue weighted by atomic mass is 35.5. The quantitative estimate of drug-likeness (QED) is 0.0194. The molecule has 9 N–H and O–H groups in total. The summed E-state index contributed by atoms with van der Waals surface area (Å²) < 4.78 is 103. The number of ether oxygens (including phenoxy) is 3. The number of aryl methyl sites for hydroxylation is 2. The average molecular weight is 1660 g/mol. The van der Waals surface area contributed by atoms with Crippen molar-refractivity contribution in [1.29, 1.82) is 0 Å². The Morgan fingerprint density at radius 2 is 0.681 bits per heavy atom. The third kappa shape index (κ3) is 27.9. The predicted molar refractivity (Wildman–Crippen MR) is 465 cm³/mol. The Morgan fingerprint density at radius 3 is 1.02 bits per heavy atom. The van der Waals surface area contributed by atoms with Crippen LogP contribution < -0.4 is 47.4 Å². The summed E-state index contributed by atoms with van der Waals surface area (Å²) >= 11 is 6.31. The number of halogens is 1. The van der Waals surface area contributed by atoms with Gasteiger partial charge in [0, 0.05) is 49.9 Å². The second-order valence-electron chi connectivity index (χ2n) is 28.9. The van der Waals surface area contributed by atoms with Crippen LogP contribution in [0.25, 0.3) is 33.4 Å². The summed E-state index contributed by atoms with van der Waals surface area (Å²) in [5.41, 5.74) is 27.3. The first-order chi connectivity index (χ1) is 56.0. The number of carbonyl (C=O) groups is 3. The lowest BCUT2D eigenvalue weighted by Crippen LogP contribution is -2.43. The minimum Gasteiger partial charge on any atom is -0.496 e. The lowest BCUT2D eigenvalue weighted by atomic mass is 9.82. The maximum Gasteiger partial charge on any atom is 0.243 e. The van der Waals surface area contributed by atoms with E-state index in [9.17, 15) is 39.6 Å². The highest BCUT2D eigenvalue weighted by Crippen LogP contribution is 2.33. The molecule has 25 heteroatoms. The molecule has 0 heterocycles. The van der Waals surface area contributed by atoms with Crippen molar-refractivity contribution in [3.63, 3.8) is 0 Å². The fourth-order valence-corrected chi connectivity index (χ4v) is 18.4. The van der Waals surface area contributed by atoms with Crippen molar-refractivity contribution in [2.24, 2.45) is 29.0 Å². The van der Waals surface area contributed by atoms with Gasteiger partial charge < -0.3 is 47.4 Å². The molecule has 9 aromatic carbocycles. The molecule has 0 saturated heterocycles. The Bertz CT molecular complexity index is 4700. The molecule has 9 aromatic rings. The van der Waals surface area contributed by atoms with Crippen molar-refractivity contribution in [3.05, 3.63) is 251 Å². The van der Waals surface area contributed by atoms with E-state index < -0.39 is 30.1 Å². The van der Waals surface area contributed by atoms with E-state index in [1.54, 1.807) is 75.9 Å². The lowest BCUT2D eigenvalue weighted by molar-refractivity contribution is -0.122. The van der Waals surface area contributed by atoms with E-state index in [0.29, 0.717) is 92.6 Å². The van der Waals surface area contributed by atoms with Crippen LogP contribution in [-0.2, 0) is 63.7 Å². The summed E-state index contributed by atoms with van der Waals surface area (Å²) in [6, 6.07) is 66.2. The normalized spacial score (nSPS) is 13.6. The van der Waals surface area contributed by atoms with Gasteiger partial charge in [-0.05, 0) is 232 Å². The highest BCUT2D eigenvalue weighted by molar-refractivity contribution is 7.89. The first kappa shape index (κ1) is 92.2. The number of sulfonamides is 3. The fourth-order valence-electron chi connectivity index (χ4n) is 14.0. The molecule has 10 rings (SSSR count). The second-order valence-corrected chi connectivity index (χ2v) is 35.1. The average Bonchev–Trinajstić information content (AvgIpc) is 0.805. The van der Waals surface area contributed by atoms with Gasteiger partial charge in [-0.1, -0.05) is 195 Å². The standard InChI is InChI=1S/C32H41N3O4S.C30H39N3O4S.C29H36ClN3O4S/c1-24-7-3-5-9-30(24)27-15-17-29(18-16-27)40(37,38)35(20-19-28-8-4-6-10-31(28)39-2)23-32(36)34-22-26-13-11-25(21-33)12-14-26;1-24-11-5-7-13-28(24)25-15-17-27(18-16-25)38(35,36)33(22-19-26-12-6-8-14-29(26)37-2)23-30(34)32-21-10-4-3-9-20-31;1-37-28-13-7-4-10-24(28)18-21-33(22-29(34)32-20-9-3-2-8-19-31)38(35,36)25-16-14-23(15-17-25)26-11-5-6-12-27(26)30/h3-10,15-18,25-26H,11-14,19-23,33H2,1-2H3,(H,34,36);5-8,11-18H,3-4,9-10,19-23,31H2,1-2H3,(H,32,34);4-7,10-17H,2-3,8-9,18-22,31H2,1H3,(H,32,34). The van der Waals surface area contributed by atoms with Crippen LogP contribution in [0, 0.1) is 25.7 Å². The van der Waals surface area contributed by atoms with Crippen LogP contribution in [0.15, 0.2) is 233 Å². The van der Waals surface area contributed by atoms with Crippen LogP contribution in [0.5, 0.6) is 17.2 Å². The van der Waals surface area contributed by atoms with Gasteiger partial charge in [0.05, 0.1) is 55.7 Å². The van der Waals surface area contributed by atoms with Crippen molar-refractivity contribution in [2.75, 3.05) is 99.9 Å². The number of amides is 3. The van der Waals surface area contributed by atoms with Crippen LogP contribution >= 0.6 is 11.6 Å². The van der Waals surface area contributed by atoms with Crippen molar-refractivity contribution in [3.8, 4) is 50.6 Å². The van der Waals surface area contributed by atoms with E-state index in [1.165, 1.54) is 12.9 Å². The molecule has 1 saturated carbocycles. The van der Waals surface area contributed by atoms with Crippen molar-refractivity contribution < 1.29 is 53.8 Å². The molecule has 3 amide bonds. The zero-order valence-corrected chi connectivity index (χ0v) is 70.8. The molecule has 0 atom stereocenters. The summed E-state index contributed by atoms with van der Waals surface area (Å²) in [7, 11) is -7.04. The van der Waals surface area contributed by atoms with E-state index in [1.807, 2.05) is 178 Å². The Morgan fingerprint density at radius 1 is 0.379 bits per heavy atom. The van der Waals surface area contributed by atoms with Gasteiger partial charge in [0.1, 0.15) is 17.2 Å². The number of para-hydroxylation sites is 3. The maximum absolute atomic E-state index is 13.8. The Kier molecular flexibility index (Phi) is 38.0. The summed E-state index contributed by atoms with van der Waals surface area (Å²) in [5, 5.41) is 9.31. The summed E-state index contributed by atoms with van der Waals surface area (Å²) in [4.78, 5) is 39.0. The lowest BCUT2D eigenvalue weighted by Gasteiger charge is -2.28. The number of hydrogen-bond acceptors (Lipinski definition) is 15. The Hall–Kier alpha value is -9.31. The summed E-state index contributed by atoms with van der Waals surface area (Å²) in [6.45, 7) is 7.31. The van der Waals surface area contributed by atoms with Gasteiger partial charge >= 0.3 is 0 Å². The van der Waals surface area contributed by atoms with Gasteiger partial charge in [0.25, 0.3) is 0 Å². The molecule has 0 bridgehead atoms. The predicted octanol–water partition coefficient (Wildman–Crippen LogP) is 14.2. The second kappa shape index (κ2) is 47.8. The number of carbonyl (C=O) groups excluding carboxylic acids is 3. The molecule has 0 aromatic heterocycles. The van der Waals surface area contributed by atoms with Gasteiger partial charge in [-0.15, -0.1) is 0 Å². The molecule has 1 aliphatic carbocycles.